The van der Waals surface area contributed by atoms with Gasteiger partial charge in [-0.1, -0.05) is 12.1 Å². The van der Waals surface area contributed by atoms with Gasteiger partial charge in [0.25, 0.3) is 0 Å². The van der Waals surface area contributed by atoms with Gasteiger partial charge in [-0.3, -0.25) is 9.59 Å². The molecule has 1 aromatic carbocycles. The summed E-state index contributed by atoms with van der Waals surface area (Å²) < 4.78 is 13.7. The fraction of sp³-hybridized carbons (Fsp3) is 0.467. The molecule has 1 heterocycles. The second-order valence-electron chi connectivity index (χ2n) is 6.10. The molecule has 0 saturated carbocycles. The maximum absolute atomic E-state index is 13.7. The average molecular weight is 278 g/mol. The van der Waals surface area contributed by atoms with Crippen molar-refractivity contribution in [2.24, 2.45) is 5.92 Å². The third kappa shape index (κ3) is 3.15. The third-order valence-electron chi connectivity index (χ3n) is 3.14. The van der Waals surface area contributed by atoms with Crippen LogP contribution < -0.4 is 10.2 Å². The molecule has 4 nitrogen and oxygen atoms in total. The van der Waals surface area contributed by atoms with Crippen molar-refractivity contribution in [3.05, 3.63) is 30.1 Å². The van der Waals surface area contributed by atoms with Gasteiger partial charge in [-0.15, -0.1) is 0 Å². The van der Waals surface area contributed by atoms with Crippen molar-refractivity contribution in [1.82, 2.24) is 5.32 Å². The van der Waals surface area contributed by atoms with Crippen LogP contribution in [0.5, 0.6) is 0 Å². The molecule has 108 valence electrons. The molecular formula is C15H19FN2O2. The van der Waals surface area contributed by atoms with E-state index in [2.05, 4.69) is 5.32 Å². The zero-order chi connectivity index (χ0) is 14.9. The fourth-order valence-electron chi connectivity index (χ4n) is 2.26. The Labute approximate surface area is 118 Å². The first-order valence-corrected chi connectivity index (χ1v) is 6.65. The highest BCUT2D eigenvalue weighted by Gasteiger charge is 2.36. The lowest BCUT2D eigenvalue weighted by atomic mass is 10.0. The van der Waals surface area contributed by atoms with E-state index in [1.165, 1.54) is 11.0 Å². The highest BCUT2D eigenvalue weighted by Crippen LogP contribution is 2.27. The van der Waals surface area contributed by atoms with Crippen LogP contribution in [0, 0.1) is 11.7 Å². The van der Waals surface area contributed by atoms with Crippen LogP contribution in [0.4, 0.5) is 10.1 Å². The average Bonchev–Trinajstić information content (AvgIpc) is 2.70. The van der Waals surface area contributed by atoms with Crippen LogP contribution in [0.25, 0.3) is 0 Å². The smallest absolute Gasteiger partial charge is 0.227 e. The summed E-state index contributed by atoms with van der Waals surface area (Å²) >= 11 is 0. The van der Waals surface area contributed by atoms with Crippen molar-refractivity contribution in [2.75, 3.05) is 11.4 Å². The molecule has 0 spiro atoms. The summed E-state index contributed by atoms with van der Waals surface area (Å²) in [6.45, 7) is 5.88. The first kappa shape index (κ1) is 14.5. The lowest BCUT2D eigenvalue weighted by Gasteiger charge is -2.23. The van der Waals surface area contributed by atoms with Gasteiger partial charge in [0.05, 0.1) is 11.6 Å². The summed E-state index contributed by atoms with van der Waals surface area (Å²) in [5.41, 5.74) is -0.102. The Bertz CT molecular complexity index is 537. The quantitative estimate of drug-likeness (QED) is 0.900. The number of hydrogen-bond acceptors (Lipinski definition) is 2. The van der Waals surface area contributed by atoms with Crippen molar-refractivity contribution >= 4 is 17.5 Å². The second kappa shape index (κ2) is 5.23. The zero-order valence-corrected chi connectivity index (χ0v) is 11.9. The monoisotopic (exact) mass is 278 g/mol. The van der Waals surface area contributed by atoms with Crippen LogP contribution >= 0.6 is 0 Å². The molecule has 1 aliphatic heterocycles. The Kier molecular flexibility index (Phi) is 3.79. The molecule has 1 saturated heterocycles. The van der Waals surface area contributed by atoms with E-state index < -0.39 is 11.7 Å². The first-order valence-electron chi connectivity index (χ1n) is 6.65. The van der Waals surface area contributed by atoms with Gasteiger partial charge in [-0.2, -0.15) is 0 Å². The number of anilines is 1. The van der Waals surface area contributed by atoms with Gasteiger partial charge in [-0.05, 0) is 32.9 Å². The lowest BCUT2D eigenvalue weighted by molar-refractivity contribution is -0.127. The molecule has 1 unspecified atom stereocenters. The zero-order valence-electron chi connectivity index (χ0n) is 11.9. The number of nitrogens with zero attached hydrogens (tertiary/aromatic N) is 1. The van der Waals surface area contributed by atoms with Crippen molar-refractivity contribution in [3.63, 3.8) is 0 Å². The molecule has 0 aliphatic carbocycles. The Morgan fingerprint density at radius 3 is 2.60 bits per heavy atom. The highest BCUT2D eigenvalue weighted by atomic mass is 19.1. The molecule has 0 radical (unpaired) electrons. The van der Waals surface area contributed by atoms with Crippen LogP contribution in [0.1, 0.15) is 27.2 Å². The number of para-hydroxylation sites is 1. The van der Waals surface area contributed by atoms with Crippen molar-refractivity contribution in [1.29, 1.82) is 0 Å². The molecule has 20 heavy (non-hydrogen) atoms. The fourth-order valence-corrected chi connectivity index (χ4v) is 2.26. The van der Waals surface area contributed by atoms with E-state index in [0.717, 1.165) is 0 Å². The summed E-state index contributed by atoms with van der Waals surface area (Å²) in [4.78, 5) is 25.4. The number of benzene rings is 1. The second-order valence-corrected chi connectivity index (χ2v) is 6.10. The van der Waals surface area contributed by atoms with E-state index in [1.54, 1.807) is 18.2 Å². The minimum absolute atomic E-state index is 0.121. The van der Waals surface area contributed by atoms with Crippen LogP contribution in [-0.2, 0) is 9.59 Å². The predicted octanol–water partition coefficient (Wildman–Crippen LogP) is 2.09. The van der Waals surface area contributed by atoms with Crippen LogP contribution in [-0.4, -0.2) is 23.9 Å². The Balaban J connectivity index is 2.12. The third-order valence-corrected chi connectivity index (χ3v) is 3.14. The van der Waals surface area contributed by atoms with Gasteiger partial charge >= 0.3 is 0 Å². The number of amides is 2. The molecule has 1 atom stereocenters. The van der Waals surface area contributed by atoms with Crippen molar-refractivity contribution in [2.45, 2.75) is 32.7 Å². The van der Waals surface area contributed by atoms with Crippen LogP contribution in [0.2, 0.25) is 0 Å². The molecule has 0 aromatic heterocycles. The summed E-state index contributed by atoms with van der Waals surface area (Å²) in [6, 6.07) is 6.11. The summed E-state index contributed by atoms with van der Waals surface area (Å²) in [6.07, 6.45) is 0.121. The molecule has 1 aromatic rings. The minimum Gasteiger partial charge on any atom is -0.351 e. The van der Waals surface area contributed by atoms with Gasteiger partial charge in [-0.25, -0.2) is 4.39 Å². The standard InChI is InChI=1S/C15H19FN2O2/c1-15(2,3)17-14(20)10-8-13(19)18(9-10)12-7-5-4-6-11(12)16/h4-7,10H,8-9H2,1-3H3,(H,17,20). The number of rotatable bonds is 2. The lowest BCUT2D eigenvalue weighted by Crippen LogP contribution is -2.44. The van der Waals surface area contributed by atoms with Crippen molar-refractivity contribution in [3.8, 4) is 0 Å². The largest absolute Gasteiger partial charge is 0.351 e. The molecular weight excluding hydrogens is 259 g/mol. The van der Waals surface area contributed by atoms with E-state index in [1.807, 2.05) is 20.8 Å². The number of hydrogen-bond donors (Lipinski definition) is 1. The van der Waals surface area contributed by atoms with E-state index in [9.17, 15) is 14.0 Å². The molecule has 0 bridgehead atoms. The normalized spacial score (nSPS) is 19.3. The summed E-state index contributed by atoms with van der Waals surface area (Å²) in [7, 11) is 0. The van der Waals surface area contributed by atoms with Gasteiger partial charge in [0.2, 0.25) is 11.8 Å². The van der Waals surface area contributed by atoms with Crippen molar-refractivity contribution < 1.29 is 14.0 Å². The number of carbonyl (C=O) groups excluding carboxylic acids is 2. The van der Waals surface area contributed by atoms with E-state index in [4.69, 9.17) is 0 Å². The molecule has 2 amide bonds. The van der Waals surface area contributed by atoms with Crippen LogP contribution in [0.3, 0.4) is 0 Å². The number of nitrogens with one attached hydrogen (secondary N) is 1. The number of carbonyl (C=O) groups is 2. The molecule has 1 aliphatic rings. The summed E-state index contributed by atoms with van der Waals surface area (Å²) in [5, 5.41) is 2.86. The molecule has 5 heteroatoms. The molecule has 1 fully saturated rings. The number of halogens is 1. The molecule has 2 rings (SSSR count). The van der Waals surface area contributed by atoms with Gasteiger partial charge in [0.15, 0.2) is 0 Å². The SMILES string of the molecule is CC(C)(C)NC(=O)C1CC(=O)N(c2ccccc2F)C1. The maximum Gasteiger partial charge on any atom is 0.227 e. The Morgan fingerprint density at radius 2 is 2.00 bits per heavy atom. The first-order chi connectivity index (χ1) is 9.28. The van der Waals surface area contributed by atoms with Gasteiger partial charge in [0, 0.05) is 18.5 Å². The summed E-state index contributed by atoms with van der Waals surface area (Å²) in [5.74, 6) is -1.26. The molecule has 1 N–H and O–H groups in total. The van der Waals surface area contributed by atoms with Crippen LogP contribution in [0.15, 0.2) is 24.3 Å². The van der Waals surface area contributed by atoms with E-state index in [-0.39, 0.29) is 36.0 Å². The Morgan fingerprint density at radius 1 is 1.35 bits per heavy atom. The van der Waals surface area contributed by atoms with Gasteiger partial charge in [0.1, 0.15) is 5.82 Å². The Hall–Kier alpha value is -1.91. The predicted molar refractivity (Wildman–Crippen MR) is 74.8 cm³/mol. The topological polar surface area (TPSA) is 49.4 Å². The van der Waals surface area contributed by atoms with E-state index in [0.29, 0.717) is 0 Å². The maximum atomic E-state index is 13.7. The minimum atomic E-state index is -0.447. The highest BCUT2D eigenvalue weighted by molar-refractivity contribution is 6.00. The van der Waals surface area contributed by atoms with E-state index >= 15 is 0 Å². The van der Waals surface area contributed by atoms with Gasteiger partial charge < -0.3 is 10.2 Å².